The molecule has 0 saturated carbocycles. The van der Waals surface area contributed by atoms with Gasteiger partial charge in [-0.3, -0.25) is 0 Å². The lowest BCUT2D eigenvalue weighted by Crippen LogP contribution is -2.42. The second-order valence-electron chi connectivity index (χ2n) is 4.67. The number of aryl methyl sites for hydroxylation is 1. The minimum atomic E-state index is -3.66. The molecule has 0 saturated heterocycles. The van der Waals surface area contributed by atoms with Crippen LogP contribution >= 0.6 is 11.6 Å². The summed E-state index contributed by atoms with van der Waals surface area (Å²) < 4.78 is 26.9. The number of hydrogen-bond donors (Lipinski definition) is 2. The van der Waals surface area contributed by atoms with Crippen molar-refractivity contribution in [1.29, 1.82) is 0 Å². The van der Waals surface area contributed by atoms with Gasteiger partial charge in [0.2, 0.25) is 10.0 Å². The van der Waals surface area contributed by atoms with Crippen molar-refractivity contribution in [2.75, 3.05) is 6.54 Å². The molecule has 4 nitrogen and oxygen atoms in total. The lowest BCUT2D eigenvalue weighted by atomic mass is 9.98. The molecule has 0 heterocycles. The largest absolute Gasteiger partial charge is 0.389 e. The Kier molecular flexibility index (Phi) is 5.38. The number of sulfonamides is 1. The molecule has 0 aliphatic heterocycles. The second kappa shape index (κ2) is 6.22. The quantitative estimate of drug-likeness (QED) is 0.848. The molecule has 1 aromatic carbocycles. The standard InChI is InChI=1S/C13H20ClNO3S/c1-4-13(16,5-2)9-15-19(17,18)12-8-11(14)7-6-10(12)3/h6-8,15-16H,4-5,9H2,1-3H3. The summed E-state index contributed by atoms with van der Waals surface area (Å²) in [5, 5.41) is 10.5. The van der Waals surface area contributed by atoms with E-state index in [0.29, 0.717) is 23.4 Å². The number of benzene rings is 1. The molecule has 0 aromatic heterocycles. The van der Waals surface area contributed by atoms with E-state index in [1.54, 1.807) is 19.1 Å². The molecular weight excluding hydrogens is 286 g/mol. The van der Waals surface area contributed by atoms with Crippen LogP contribution in [0.4, 0.5) is 0 Å². The van der Waals surface area contributed by atoms with E-state index >= 15 is 0 Å². The van der Waals surface area contributed by atoms with Gasteiger partial charge in [-0.15, -0.1) is 0 Å². The molecule has 0 spiro atoms. The van der Waals surface area contributed by atoms with Crippen LogP contribution in [-0.4, -0.2) is 25.7 Å². The van der Waals surface area contributed by atoms with Crippen LogP contribution in [-0.2, 0) is 10.0 Å². The minimum Gasteiger partial charge on any atom is -0.389 e. The third-order valence-electron chi connectivity index (χ3n) is 3.35. The summed E-state index contributed by atoms with van der Waals surface area (Å²) in [6.45, 7) is 5.34. The zero-order valence-corrected chi connectivity index (χ0v) is 13.0. The molecule has 108 valence electrons. The average Bonchev–Trinajstić information content (AvgIpc) is 2.39. The SMILES string of the molecule is CCC(O)(CC)CNS(=O)(=O)c1cc(Cl)ccc1C. The highest BCUT2D eigenvalue weighted by molar-refractivity contribution is 7.89. The highest BCUT2D eigenvalue weighted by Gasteiger charge is 2.26. The molecule has 1 aromatic rings. The summed E-state index contributed by atoms with van der Waals surface area (Å²) >= 11 is 5.83. The van der Waals surface area contributed by atoms with Gasteiger partial charge in [-0.25, -0.2) is 13.1 Å². The molecule has 0 unspecified atom stereocenters. The predicted molar refractivity (Wildman–Crippen MR) is 76.9 cm³/mol. The summed E-state index contributed by atoms with van der Waals surface area (Å²) in [6, 6.07) is 4.71. The number of rotatable bonds is 6. The van der Waals surface area contributed by atoms with Gasteiger partial charge in [-0.1, -0.05) is 31.5 Å². The Balaban J connectivity index is 2.96. The van der Waals surface area contributed by atoms with Crippen molar-refractivity contribution < 1.29 is 13.5 Å². The molecule has 0 amide bonds. The van der Waals surface area contributed by atoms with E-state index in [1.807, 2.05) is 13.8 Å². The van der Waals surface area contributed by atoms with E-state index in [2.05, 4.69) is 4.72 Å². The first-order chi connectivity index (χ1) is 8.74. The van der Waals surface area contributed by atoms with Gasteiger partial charge in [-0.2, -0.15) is 0 Å². The summed E-state index contributed by atoms with van der Waals surface area (Å²) in [7, 11) is -3.66. The van der Waals surface area contributed by atoms with Crippen LogP contribution in [0.1, 0.15) is 32.3 Å². The third-order valence-corrected chi connectivity index (χ3v) is 5.13. The van der Waals surface area contributed by atoms with Crippen molar-refractivity contribution in [2.24, 2.45) is 0 Å². The number of nitrogens with one attached hydrogen (secondary N) is 1. The van der Waals surface area contributed by atoms with Crippen LogP contribution in [0, 0.1) is 6.92 Å². The summed E-state index contributed by atoms with van der Waals surface area (Å²) in [6.07, 6.45) is 0.973. The zero-order chi connectivity index (χ0) is 14.7. The van der Waals surface area contributed by atoms with Gasteiger partial charge < -0.3 is 5.11 Å². The van der Waals surface area contributed by atoms with E-state index in [4.69, 9.17) is 11.6 Å². The first-order valence-electron chi connectivity index (χ1n) is 6.22. The van der Waals surface area contributed by atoms with Crippen molar-refractivity contribution in [1.82, 2.24) is 4.72 Å². The van der Waals surface area contributed by atoms with E-state index in [1.165, 1.54) is 6.07 Å². The number of hydrogen-bond acceptors (Lipinski definition) is 3. The first kappa shape index (κ1) is 16.4. The minimum absolute atomic E-state index is 0.00567. The normalized spacial score (nSPS) is 12.7. The Bertz CT molecular complexity index is 539. The van der Waals surface area contributed by atoms with Crippen LogP contribution in [0.2, 0.25) is 5.02 Å². The van der Waals surface area contributed by atoms with Crippen LogP contribution in [0.3, 0.4) is 0 Å². The summed E-state index contributed by atoms with van der Waals surface area (Å²) in [4.78, 5) is 0.148. The Morgan fingerprint density at radius 3 is 2.42 bits per heavy atom. The first-order valence-corrected chi connectivity index (χ1v) is 8.08. The van der Waals surface area contributed by atoms with Crippen molar-refractivity contribution >= 4 is 21.6 Å². The fourth-order valence-corrected chi connectivity index (χ4v) is 3.30. The monoisotopic (exact) mass is 305 g/mol. The molecule has 6 heteroatoms. The highest BCUT2D eigenvalue weighted by Crippen LogP contribution is 2.21. The summed E-state index contributed by atoms with van der Waals surface area (Å²) in [5.41, 5.74) is -0.395. The Hall–Kier alpha value is -0.620. The molecule has 0 radical (unpaired) electrons. The molecular formula is C13H20ClNO3S. The number of aliphatic hydroxyl groups is 1. The van der Waals surface area contributed by atoms with Gasteiger partial charge in [-0.05, 0) is 37.5 Å². The summed E-state index contributed by atoms with van der Waals surface area (Å²) in [5.74, 6) is 0. The highest BCUT2D eigenvalue weighted by atomic mass is 35.5. The van der Waals surface area contributed by atoms with E-state index in [0.717, 1.165) is 0 Å². The van der Waals surface area contributed by atoms with E-state index in [-0.39, 0.29) is 11.4 Å². The predicted octanol–water partition coefficient (Wildman–Crippen LogP) is 2.48. The van der Waals surface area contributed by atoms with Gasteiger partial charge in [0.1, 0.15) is 0 Å². The molecule has 19 heavy (non-hydrogen) atoms. The van der Waals surface area contributed by atoms with Crippen LogP contribution in [0.25, 0.3) is 0 Å². The molecule has 2 N–H and O–H groups in total. The Morgan fingerprint density at radius 1 is 1.32 bits per heavy atom. The van der Waals surface area contributed by atoms with Crippen molar-refractivity contribution in [2.45, 2.75) is 44.1 Å². The van der Waals surface area contributed by atoms with Crippen molar-refractivity contribution in [3.8, 4) is 0 Å². The third kappa shape index (κ3) is 4.18. The maximum absolute atomic E-state index is 12.2. The fourth-order valence-electron chi connectivity index (χ4n) is 1.67. The maximum Gasteiger partial charge on any atom is 0.240 e. The van der Waals surface area contributed by atoms with Gasteiger partial charge in [0.05, 0.1) is 10.5 Å². The molecule has 1 rings (SSSR count). The van der Waals surface area contributed by atoms with Gasteiger partial charge in [0.15, 0.2) is 0 Å². The molecule has 0 aliphatic rings. The van der Waals surface area contributed by atoms with E-state index < -0.39 is 15.6 Å². The Morgan fingerprint density at radius 2 is 1.89 bits per heavy atom. The topological polar surface area (TPSA) is 66.4 Å². The smallest absolute Gasteiger partial charge is 0.240 e. The Labute approximate surface area is 119 Å². The zero-order valence-electron chi connectivity index (χ0n) is 11.4. The molecule has 0 atom stereocenters. The second-order valence-corrected chi connectivity index (χ2v) is 6.84. The van der Waals surface area contributed by atoms with Crippen molar-refractivity contribution in [3.05, 3.63) is 28.8 Å². The average molecular weight is 306 g/mol. The van der Waals surface area contributed by atoms with Crippen molar-refractivity contribution in [3.63, 3.8) is 0 Å². The lowest BCUT2D eigenvalue weighted by Gasteiger charge is -2.25. The van der Waals surface area contributed by atoms with Gasteiger partial charge in [0, 0.05) is 11.6 Å². The van der Waals surface area contributed by atoms with Crippen LogP contribution in [0.15, 0.2) is 23.1 Å². The molecule has 0 fully saturated rings. The lowest BCUT2D eigenvalue weighted by molar-refractivity contribution is 0.0377. The fraction of sp³-hybridized carbons (Fsp3) is 0.538. The van der Waals surface area contributed by atoms with E-state index in [9.17, 15) is 13.5 Å². The van der Waals surface area contributed by atoms with Crippen LogP contribution < -0.4 is 4.72 Å². The maximum atomic E-state index is 12.2. The molecule has 0 bridgehead atoms. The molecule has 0 aliphatic carbocycles. The van der Waals surface area contributed by atoms with Gasteiger partial charge in [0.25, 0.3) is 0 Å². The number of halogens is 1. The van der Waals surface area contributed by atoms with Crippen LogP contribution in [0.5, 0.6) is 0 Å². The van der Waals surface area contributed by atoms with Gasteiger partial charge >= 0.3 is 0 Å².